The molecule has 1 aliphatic rings. The van der Waals surface area contributed by atoms with Crippen LogP contribution in [0.3, 0.4) is 0 Å². The first kappa shape index (κ1) is 30.3. The van der Waals surface area contributed by atoms with Gasteiger partial charge in [0, 0.05) is 56.1 Å². The minimum absolute atomic E-state index is 0.0381. The molecule has 3 heterocycles. The number of fused-ring (bicyclic) bond motifs is 1. The number of ether oxygens (including phenoxy) is 1. The molecule has 1 saturated heterocycles. The summed E-state index contributed by atoms with van der Waals surface area (Å²) < 4.78 is 11.7. The van der Waals surface area contributed by atoms with Crippen LogP contribution < -0.4 is 10.6 Å². The summed E-state index contributed by atoms with van der Waals surface area (Å²) in [6, 6.07) is 28.1. The van der Waals surface area contributed by atoms with Crippen LogP contribution in [0.4, 0.5) is 16.3 Å². The summed E-state index contributed by atoms with van der Waals surface area (Å²) in [6.45, 7) is 5.40. The van der Waals surface area contributed by atoms with Crippen molar-refractivity contribution >= 4 is 28.6 Å². The van der Waals surface area contributed by atoms with Gasteiger partial charge in [-0.3, -0.25) is 4.90 Å². The summed E-state index contributed by atoms with van der Waals surface area (Å²) in [4.78, 5) is 26.0. The Hall–Kier alpha value is -4.77. The maximum atomic E-state index is 12.8. The van der Waals surface area contributed by atoms with E-state index in [1.54, 1.807) is 0 Å². The highest BCUT2D eigenvalue weighted by Gasteiger charge is 2.23. The number of aromatic nitrogens is 2. The molecule has 0 saturated carbocycles. The summed E-state index contributed by atoms with van der Waals surface area (Å²) in [5.41, 5.74) is 5.44. The molecule has 3 N–H and O–H groups in total. The molecule has 10 heteroatoms. The van der Waals surface area contributed by atoms with Crippen LogP contribution in [0.15, 0.2) is 95.7 Å². The fourth-order valence-electron chi connectivity index (χ4n) is 5.56. The average Bonchev–Trinajstić information content (AvgIpc) is 3.49. The molecule has 2 aromatic heterocycles. The SMILES string of the molecule is O=C(Nc1ccc(CCNc2ncnc3oc(-c4ccccc4)c(-c4ccccc4)c23)cc1)N1CCN(CCOCCO)CC1. The Bertz CT molecular complexity index is 1670. The number of nitrogens with zero attached hydrogens (tertiary/aromatic N) is 4. The van der Waals surface area contributed by atoms with Crippen molar-refractivity contribution in [2.75, 3.05) is 69.7 Å². The fourth-order valence-corrected chi connectivity index (χ4v) is 5.56. The van der Waals surface area contributed by atoms with Crippen molar-refractivity contribution in [3.8, 4) is 22.5 Å². The lowest BCUT2D eigenvalue weighted by Crippen LogP contribution is -2.50. The first-order valence-corrected chi connectivity index (χ1v) is 15.4. The monoisotopic (exact) mass is 606 g/mol. The minimum atomic E-state index is -0.0856. The normalized spacial score (nSPS) is 13.7. The highest BCUT2D eigenvalue weighted by molar-refractivity contribution is 6.05. The number of carbonyl (C=O) groups excluding carboxylic acids is 1. The van der Waals surface area contributed by atoms with Crippen molar-refractivity contribution in [1.82, 2.24) is 19.8 Å². The third kappa shape index (κ3) is 7.49. The molecule has 0 aliphatic carbocycles. The molecule has 10 nitrogen and oxygen atoms in total. The predicted molar refractivity (Wildman–Crippen MR) is 176 cm³/mol. The molecule has 0 bridgehead atoms. The zero-order valence-corrected chi connectivity index (χ0v) is 25.2. The van der Waals surface area contributed by atoms with Crippen molar-refractivity contribution < 1.29 is 19.1 Å². The number of furan rings is 1. The van der Waals surface area contributed by atoms with E-state index in [-0.39, 0.29) is 12.6 Å². The molecular formula is C35H38N6O4. The van der Waals surface area contributed by atoms with Crippen molar-refractivity contribution in [2.45, 2.75) is 6.42 Å². The van der Waals surface area contributed by atoms with Gasteiger partial charge in [-0.25, -0.2) is 14.8 Å². The Morgan fingerprint density at radius 3 is 2.29 bits per heavy atom. The summed E-state index contributed by atoms with van der Waals surface area (Å²) in [5, 5.41) is 16.2. The van der Waals surface area contributed by atoms with E-state index in [0.29, 0.717) is 38.6 Å². The van der Waals surface area contributed by atoms with Crippen LogP contribution in [0.1, 0.15) is 5.56 Å². The Kier molecular flexibility index (Phi) is 9.96. The van der Waals surface area contributed by atoms with Crippen LogP contribution in [-0.2, 0) is 11.2 Å². The molecule has 0 spiro atoms. The summed E-state index contributed by atoms with van der Waals surface area (Å²) in [6.07, 6.45) is 2.30. The molecule has 0 unspecified atom stereocenters. The molecule has 1 fully saturated rings. The molecule has 0 radical (unpaired) electrons. The first-order valence-electron chi connectivity index (χ1n) is 15.4. The smallest absolute Gasteiger partial charge is 0.321 e. The largest absolute Gasteiger partial charge is 0.437 e. The fraction of sp³-hybridized carbons (Fsp3) is 0.286. The van der Waals surface area contributed by atoms with Crippen molar-refractivity contribution in [2.24, 2.45) is 0 Å². The third-order valence-electron chi connectivity index (χ3n) is 7.95. The van der Waals surface area contributed by atoms with Crippen LogP contribution in [0.2, 0.25) is 0 Å². The molecule has 3 aromatic carbocycles. The highest BCUT2D eigenvalue weighted by atomic mass is 16.5. The minimum Gasteiger partial charge on any atom is -0.437 e. The number of aliphatic hydroxyl groups is 1. The van der Waals surface area contributed by atoms with Gasteiger partial charge in [0.1, 0.15) is 17.9 Å². The van der Waals surface area contributed by atoms with E-state index in [9.17, 15) is 4.79 Å². The van der Waals surface area contributed by atoms with Crippen LogP contribution in [-0.4, -0.2) is 90.0 Å². The number of urea groups is 1. The van der Waals surface area contributed by atoms with E-state index >= 15 is 0 Å². The molecule has 2 amide bonds. The summed E-state index contributed by atoms with van der Waals surface area (Å²) in [7, 11) is 0. The molecule has 6 rings (SSSR count). The predicted octanol–water partition coefficient (Wildman–Crippen LogP) is 5.37. The lowest BCUT2D eigenvalue weighted by molar-refractivity contribution is 0.0627. The Labute approximate surface area is 262 Å². The zero-order chi connectivity index (χ0) is 30.8. The van der Waals surface area contributed by atoms with Crippen molar-refractivity contribution in [3.05, 3.63) is 96.8 Å². The number of anilines is 2. The lowest BCUT2D eigenvalue weighted by Gasteiger charge is -2.34. The van der Waals surface area contributed by atoms with E-state index in [0.717, 1.165) is 71.0 Å². The van der Waals surface area contributed by atoms with Gasteiger partial charge in [0.15, 0.2) is 0 Å². The number of rotatable bonds is 12. The topological polar surface area (TPSA) is 116 Å². The number of piperazine rings is 1. The van der Waals surface area contributed by atoms with E-state index in [1.165, 1.54) is 6.33 Å². The van der Waals surface area contributed by atoms with Gasteiger partial charge in [0.25, 0.3) is 0 Å². The van der Waals surface area contributed by atoms with Gasteiger partial charge in [-0.1, -0.05) is 72.8 Å². The molecule has 1 aliphatic heterocycles. The maximum Gasteiger partial charge on any atom is 0.321 e. The van der Waals surface area contributed by atoms with Gasteiger partial charge in [-0.2, -0.15) is 0 Å². The number of hydrogen-bond acceptors (Lipinski definition) is 8. The molecular weight excluding hydrogens is 568 g/mol. The van der Waals surface area contributed by atoms with E-state index in [1.807, 2.05) is 77.7 Å². The Morgan fingerprint density at radius 1 is 0.867 bits per heavy atom. The van der Waals surface area contributed by atoms with Crippen molar-refractivity contribution in [1.29, 1.82) is 0 Å². The number of hydrogen-bond donors (Lipinski definition) is 3. The standard InChI is InChI=1S/C35H38N6O4/c42-22-24-44-23-21-40-17-19-41(20-18-40)35(43)39-29-13-11-26(12-14-29)15-16-36-33-31-30(27-7-3-1-4-8-27)32(28-9-5-2-6-10-28)45-34(31)38-25-37-33/h1-14,25,42H,15-24H2,(H,39,43)(H,36,37,38). The van der Waals surface area contributed by atoms with Crippen LogP contribution in [0.25, 0.3) is 33.6 Å². The second kappa shape index (κ2) is 14.8. The number of carbonyl (C=O) groups is 1. The van der Waals surface area contributed by atoms with E-state index < -0.39 is 0 Å². The maximum absolute atomic E-state index is 12.8. The van der Waals surface area contributed by atoms with Crippen LogP contribution in [0.5, 0.6) is 0 Å². The zero-order valence-electron chi connectivity index (χ0n) is 25.2. The second-order valence-corrected chi connectivity index (χ2v) is 10.9. The average molecular weight is 607 g/mol. The lowest BCUT2D eigenvalue weighted by atomic mass is 9.99. The first-order chi connectivity index (χ1) is 22.2. The molecule has 0 atom stereocenters. The Balaban J connectivity index is 1.07. The van der Waals surface area contributed by atoms with Crippen molar-refractivity contribution in [3.63, 3.8) is 0 Å². The summed E-state index contributed by atoms with van der Waals surface area (Å²) in [5.74, 6) is 1.50. The molecule has 45 heavy (non-hydrogen) atoms. The van der Waals surface area contributed by atoms with E-state index in [2.05, 4.69) is 37.6 Å². The quantitative estimate of drug-likeness (QED) is 0.162. The number of benzene rings is 3. The van der Waals surface area contributed by atoms with Gasteiger partial charge in [0.05, 0.1) is 25.2 Å². The van der Waals surface area contributed by atoms with Gasteiger partial charge >= 0.3 is 6.03 Å². The Morgan fingerprint density at radius 2 is 1.58 bits per heavy atom. The number of amides is 2. The number of nitrogens with one attached hydrogen (secondary N) is 2. The van der Waals surface area contributed by atoms with Crippen LogP contribution >= 0.6 is 0 Å². The van der Waals surface area contributed by atoms with Gasteiger partial charge in [-0.15, -0.1) is 0 Å². The number of aliphatic hydroxyl groups excluding tert-OH is 1. The van der Waals surface area contributed by atoms with Gasteiger partial charge in [-0.05, 0) is 29.7 Å². The second-order valence-electron chi connectivity index (χ2n) is 10.9. The molecule has 232 valence electrons. The van der Waals surface area contributed by atoms with Crippen LogP contribution in [0, 0.1) is 0 Å². The van der Waals surface area contributed by atoms with Gasteiger partial charge in [0.2, 0.25) is 5.71 Å². The van der Waals surface area contributed by atoms with E-state index in [4.69, 9.17) is 14.3 Å². The summed E-state index contributed by atoms with van der Waals surface area (Å²) >= 11 is 0. The molecule has 5 aromatic rings. The van der Waals surface area contributed by atoms with Gasteiger partial charge < -0.3 is 29.8 Å². The highest BCUT2D eigenvalue weighted by Crippen LogP contribution is 2.42. The third-order valence-corrected chi connectivity index (χ3v) is 7.95.